The van der Waals surface area contributed by atoms with Gasteiger partial charge >= 0.3 is 5.97 Å². The third-order valence-corrected chi connectivity index (χ3v) is 3.67. The SMILES string of the molecule is CC(C)(C)CS(=O)(=O)Nc1ccc(C(=O)O)nc1. The molecule has 100 valence electrons. The van der Waals surface area contributed by atoms with Crippen molar-refractivity contribution in [1.29, 1.82) is 0 Å². The quantitative estimate of drug-likeness (QED) is 0.867. The van der Waals surface area contributed by atoms with E-state index in [4.69, 9.17) is 5.11 Å². The van der Waals surface area contributed by atoms with Crippen LogP contribution in [0.15, 0.2) is 18.3 Å². The fourth-order valence-corrected chi connectivity index (χ4v) is 3.06. The number of hydrogen-bond acceptors (Lipinski definition) is 4. The van der Waals surface area contributed by atoms with Crippen LogP contribution in [0.25, 0.3) is 0 Å². The maximum absolute atomic E-state index is 11.8. The van der Waals surface area contributed by atoms with Gasteiger partial charge < -0.3 is 5.11 Å². The Morgan fingerprint density at radius 2 is 2.00 bits per heavy atom. The van der Waals surface area contributed by atoms with Gasteiger partial charge in [-0.2, -0.15) is 0 Å². The fourth-order valence-electron chi connectivity index (χ4n) is 1.37. The fraction of sp³-hybridized carbons (Fsp3) is 0.455. The van der Waals surface area contributed by atoms with Gasteiger partial charge in [-0.05, 0) is 17.5 Å². The first-order valence-electron chi connectivity index (χ1n) is 5.29. The molecule has 0 amide bonds. The van der Waals surface area contributed by atoms with Crippen LogP contribution in [0, 0.1) is 5.41 Å². The summed E-state index contributed by atoms with van der Waals surface area (Å²) in [7, 11) is -3.46. The summed E-state index contributed by atoms with van der Waals surface area (Å²) in [6.07, 6.45) is 1.18. The minimum Gasteiger partial charge on any atom is -0.477 e. The van der Waals surface area contributed by atoms with Gasteiger partial charge in [0.2, 0.25) is 10.0 Å². The van der Waals surface area contributed by atoms with Crippen molar-refractivity contribution in [2.24, 2.45) is 5.41 Å². The van der Waals surface area contributed by atoms with Gasteiger partial charge in [0.15, 0.2) is 0 Å². The highest BCUT2D eigenvalue weighted by atomic mass is 32.2. The van der Waals surface area contributed by atoms with E-state index in [0.717, 1.165) is 0 Å². The van der Waals surface area contributed by atoms with Gasteiger partial charge in [-0.3, -0.25) is 4.72 Å². The van der Waals surface area contributed by atoms with Crippen LogP contribution in [-0.2, 0) is 10.0 Å². The number of aromatic nitrogens is 1. The number of aromatic carboxylic acids is 1. The van der Waals surface area contributed by atoms with E-state index < -0.39 is 16.0 Å². The summed E-state index contributed by atoms with van der Waals surface area (Å²) < 4.78 is 25.9. The van der Waals surface area contributed by atoms with Crippen LogP contribution < -0.4 is 4.72 Å². The lowest BCUT2D eigenvalue weighted by Gasteiger charge is -2.18. The lowest BCUT2D eigenvalue weighted by Crippen LogP contribution is -2.26. The van der Waals surface area contributed by atoms with Crippen molar-refractivity contribution >= 4 is 21.7 Å². The molecule has 0 aliphatic carbocycles. The number of pyridine rings is 1. The van der Waals surface area contributed by atoms with Gasteiger partial charge in [-0.1, -0.05) is 20.8 Å². The average molecular weight is 272 g/mol. The third kappa shape index (κ3) is 4.70. The summed E-state index contributed by atoms with van der Waals surface area (Å²) in [4.78, 5) is 14.2. The van der Waals surface area contributed by atoms with Gasteiger partial charge in [0, 0.05) is 0 Å². The Hall–Kier alpha value is -1.63. The number of anilines is 1. The number of hydrogen-bond donors (Lipinski definition) is 2. The Morgan fingerprint density at radius 1 is 1.39 bits per heavy atom. The Labute approximate surface area is 106 Å². The highest BCUT2D eigenvalue weighted by Gasteiger charge is 2.21. The van der Waals surface area contributed by atoms with Crippen molar-refractivity contribution in [2.45, 2.75) is 20.8 Å². The van der Waals surface area contributed by atoms with Crippen LogP contribution >= 0.6 is 0 Å². The highest BCUT2D eigenvalue weighted by Crippen LogP contribution is 2.18. The molecular formula is C11H16N2O4S. The normalized spacial score (nSPS) is 12.2. The lowest BCUT2D eigenvalue weighted by molar-refractivity contribution is 0.0690. The van der Waals surface area contributed by atoms with E-state index >= 15 is 0 Å². The van der Waals surface area contributed by atoms with Crippen LogP contribution in [0.5, 0.6) is 0 Å². The molecule has 1 aromatic rings. The monoisotopic (exact) mass is 272 g/mol. The average Bonchev–Trinajstić information content (AvgIpc) is 2.13. The minimum absolute atomic E-state index is 0.0271. The third-order valence-electron chi connectivity index (χ3n) is 1.88. The van der Waals surface area contributed by atoms with E-state index in [1.165, 1.54) is 18.3 Å². The molecule has 0 aromatic carbocycles. The molecule has 0 aliphatic heterocycles. The number of nitrogens with zero attached hydrogens (tertiary/aromatic N) is 1. The molecule has 1 rings (SSSR count). The van der Waals surface area contributed by atoms with Crippen molar-refractivity contribution in [3.8, 4) is 0 Å². The van der Waals surface area contributed by atoms with E-state index in [1.54, 1.807) is 0 Å². The predicted octanol–water partition coefficient (Wildman–Crippen LogP) is 1.57. The van der Waals surface area contributed by atoms with Crippen LogP contribution in [0.1, 0.15) is 31.3 Å². The Morgan fingerprint density at radius 3 is 2.39 bits per heavy atom. The van der Waals surface area contributed by atoms with Gasteiger partial charge in [-0.25, -0.2) is 18.2 Å². The summed E-state index contributed by atoms with van der Waals surface area (Å²) in [5.41, 5.74) is -0.238. The molecule has 1 heterocycles. The van der Waals surface area contributed by atoms with Crippen LogP contribution in [0.2, 0.25) is 0 Å². The topological polar surface area (TPSA) is 96.4 Å². The maximum atomic E-state index is 11.8. The maximum Gasteiger partial charge on any atom is 0.354 e. The molecule has 0 saturated carbocycles. The number of sulfonamides is 1. The standard InChI is InChI=1S/C11H16N2O4S/c1-11(2,3)7-18(16,17)13-8-4-5-9(10(14)15)12-6-8/h4-6,13H,7H2,1-3H3,(H,14,15). The molecule has 6 nitrogen and oxygen atoms in total. The molecule has 0 radical (unpaired) electrons. The Balaban J connectivity index is 2.82. The van der Waals surface area contributed by atoms with E-state index in [1.807, 2.05) is 20.8 Å². The predicted molar refractivity (Wildman–Crippen MR) is 68.1 cm³/mol. The second-order valence-corrected chi connectivity index (χ2v) is 6.88. The first kappa shape index (κ1) is 14.4. The second kappa shape index (κ2) is 4.93. The summed E-state index contributed by atoms with van der Waals surface area (Å²) in [5.74, 6) is -1.18. The zero-order valence-electron chi connectivity index (χ0n) is 10.5. The molecule has 1 aromatic heterocycles. The van der Waals surface area contributed by atoms with E-state index in [2.05, 4.69) is 9.71 Å². The highest BCUT2D eigenvalue weighted by molar-refractivity contribution is 7.92. The van der Waals surface area contributed by atoms with Gasteiger partial charge in [0.25, 0.3) is 0 Å². The van der Waals surface area contributed by atoms with E-state index in [0.29, 0.717) is 0 Å². The van der Waals surface area contributed by atoms with Crippen LogP contribution in [0.4, 0.5) is 5.69 Å². The van der Waals surface area contributed by atoms with Gasteiger partial charge in [0.05, 0.1) is 17.6 Å². The zero-order chi connectivity index (χ0) is 14.0. The van der Waals surface area contributed by atoms with Crippen molar-refractivity contribution < 1.29 is 18.3 Å². The van der Waals surface area contributed by atoms with Gasteiger partial charge in [0.1, 0.15) is 5.69 Å². The molecule has 0 aliphatic rings. The number of carbonyl (C=O) groups is 1. The molecular weight excluding hydrogens is 256 g/mol. The molecule has 0 atom stereocenters. The van der Waals surface area contributed by atoms with Crippen molar-refractivity contribution in [3.05, 3.63) is 24.0 Å². The largest absolute Gasteiger partial charge is 0.477 e. The Bertz CT molecular complexity index is 529. The summed E-state index contributed by atoms with van der Waals surface area (Å²) in [6.45, 7) is 5.45. The number of carboxylic acids is 1. The molecule has 0 fully saturated rings. The van der Waals surface area contributed by atoms with Gasteiger partial charge in [-0.15, -0.1) is 0 Å². The zero-order valence-corrected chi connectivity index (χ0v) is 11.3. The molecule has 0 bridgehead atoms. The summed E-state index contributed by atoms with van der Waals surface area (Å²) in [6, 6.07) is 2.62. The molecule has 0 spiro atoms. The number of nitrogens with one attached hydrogen (secondary N) is 1. The first-order chi connectivity index (χ1) is 8.09. The summed E-state index contributed by atoms with van der Waals surface area (Å²) >= 11 is 0. The van der Waals surface area contributed by atoms with Crippen molar-refractivity contribution in [1.82, 2.24) is 4.98 Å². The minimum atomic E-state index is -3.46. The van der Waals surface area contributed by atoms with Crippen LogP contribution in [0.3, 0.4) is 0 Å². The second-order valence-electron chi connectivity index (χ2n) is 5.16. The first-order valence-corrected chi connectivity index (χ1v) is 6.94. The van der Waals surface area contributed by atoms with Crippen LogP contribution in [-0.4, -0.2) is 30.2 Å². The molecule has 0 saturated heterocycles. The van der Waals surface area contributed by atoms with Crippen molar-refractivity contribution in [2.75, 3.05) is 10.5 Å². The molecule has 18 heavy (non-hydrogen) atoms. The molecule has 0 unspecified atom stereocenters. The lowest BCUT2D eigenvalue weighted by atomic mass is 10.0. The van der Waals surface area contributed by atoms with Crippen molar-refractivity contribution in [3.63, 3.8) is 0 Å². The smallest absolute Gasteiger partial charge is 0.354 e. The Kier molecular flexibility index (Phi) is 3.95. The number of rotatable bonds is 4. The number of carboxylic acid groups (broad SMARTS) is 1. The molecule has 2 N–H and O–H groups in total. The molecule has 7 heteroatoms. The van der Waals surface area contributed by atoms with E-state index in [-0.39, 0.29) is 22.5 Å². The summed E-state index contributed by atoms with van der Waals surface area (Å²) in [5, 5.41) is 8.66. The van der Waals surface area contributed by atoms with E-state index in [9.17, 15) is 13.2 Å².